The number of para-hydroxylation sites is 1. The van der Waals surface area contributed by atoms with Crippen molar-refractivity contribution in [3.05, 3.63) is 84.2 Å². The van der Waals surface area contributed by atoms with Crippen LogP contribution in [0.25, 0.3) is 11.1 Å². The number of anilines is 1. The highest BCUT2D eigenvalue weighted by atomic mass is 19.1. The Morgan fingerprint density at radius 1 is 1.00 bits per heavy atom. The Kier molecular flexibility index (Phi) is 5.48. The van der Waals surface area contributed by atoms with Crippen LogP contribution >= 0.6 is 0 Å². The van der Waals surface area contributed by atoms with Gasteiger partial charge in [-0.15, -0.1) is 0 Å². The SMILES string of the molecule is CC(Oc1ccc(-c2ccc(C#N)cc2)cc1)C(=O)Nc1ccccc1F. The summed E-state index contributed by atoms with van der Waals surface area (Å²) in [5.41, 5.74) is 2.67. The first-order valence-electron chi connectivity index (χ1n) is 8.39. The second-order valence-electron chi connectivity index (χ2n) is 5.94. The van der Waals surface area contributed by atoms with E-state index in [1.807, 2.05) is 24.3 Å². The molecule has 3 aromatic carbocycles. The van der Waals surface area contributed by atoms with Crippen LogP contribution in [-0.4, -0.2) is 12.0 Å². The van der Waals surface area contributed by atoms with Gasteiger partial charge in [0.25, 0.3) is 5.91 Å². The summed E-state index contributed by atoms with van der Waals surface area (Å²) in [6, 6.07) is 22.6. The molecule has 1 atom stereocenters. The molecule has 0 radical (unpaired) electrons. The van der Waals surface area contributed by atoms with E-state index >= 15 is 0 Å². The van der Waals surface area contributed by atoms with Crippen molar-refractivity contribution in [2.24, 2.45) is 0 Å². The van der Waals surface area contributed by atoms with E-state index in [2.05, 4.69) is 11.4 Å². The molecule has 0 fully saturated rings. The average molecular weight is 360 g/mol. The molecule has 0 bridgehead atoms. The Morgan fingerprint density at radius 3 is 2.19 bits per heavy atom. The topological polar surface area (TPSA) is 62.1 Å². The molecule has 0 aliphatic heterocycles. The van der Waals surface area contributed by atoms with E-state index in [1.54, 1.807) is 43.3 Å². The van der Waals surface area contributed by atoms with Crippen LogP contribution in [0.15, 0.2) is 72.8 Å². The molecule has 4 nitrogen and oxygen atoms in total. The van der Waals surface area contributed by atoms with Gasteiger partial charge in [0, 0.05) is 0 Å². The summed E-state index contributed by atoms with van der Waals surface area (Å²) >= 11 is 0. The predicted molar refractivity (Wildman–Crippen MR) is 102 cm³/mol. The molecule has 3 aromatic rings. The Balaban J connectivity index is 1.64. The van der Waals surface area contributed by atoms with Gasteiger partial charge in [-0.2, -0.15) is 5.26 Å². The Bertz CT molecular complexity index is 976. The number of rotatable bonds is 5. The molecule has 3 rings (SSSR count). The van der Waals surface area contributed by atoms with Crippen molar-refractivity contribution in [2.75, 3.05) is 5.32 Å². The van der Waals surface area contributed by atoms with Gasteiger partial charge in [0.1, 0.15) is 11.6 Å². The summed E-state index contributed by atoms with van der Waals surface area (Å²) in [7, 11) is 0. The van der Waals surface area contributed by atoms with Crippen LogP contribution in [0.1, 0.15) is 12.5 Å². The van der Waals surface area contributed by atoms with Crippen molar-refractivity contribution in [1.29, 1.82) is 5.26 Å². The highest BCUT2D eigenvalue weighted by Gasteiger charge is 2.16. The molecule has 0 aromatic heterocycles. The van der Waals surface area contributed by atoms with Gasteiger partial charge in [-0.25, -0.2) is 4.39 Å². The predicted octanol–water partition coefficient (Wildman–Crippen LogP) is 4.77. The van der Waals surface area contributed by atoms with Crippen molar-refractivity contribution in [3.8, 4) is 22.9 Å². The third-order valence-electron chi connectivity index (χ3n) is 4.02. The standard InChI is InChI=1S/C22H17FN2O2/c1-15(22(26)25-21-5-3-2-4-20(21)23)27-19-12-10-18(11-13-19)17-8-6-16(14-24)7-9-17/h2-13,15H,1H3,(H,25,26). The van der Waals surface area contributed by atoms with Crippen molar-refractivity contribution < 1.29 is 13.9 Å². The molecule has 1 amide bonds. The van der Waals surface area contributed by atoms with Crippen LogP contribution in [0.3, 0.4) is 0 Å². The monoisotopic (exact) mass is 360 g/mol. The van der Waals surface area contributed by atoms with Gasteiger partial charge in [0.2, 0.25) is 0 Å². The highest BCUT2D eigenvalue weighted by Crippen LogP contribution is 2.23. The van der Waals surface area contributed by atoms with Gasteiger partial charge in [0.05, 0.1) is 17.3 Å². The lowest BCUT2D eigenvalue weighted by Crippen LogP contribution is -2.30. The number of nitriles is 1. The van der Waals surface area contributed by atoms with Crippen LogP contribution in [0.5, 0.6) is 5.75 Å². The zero-order chi connectivity index (χ0) is 19.2. The molecule has 134 valence electrons. The first-order valence-corrected chi connectivity index (χ1v) is 8.39. The second kappa shape index (κ2) is 8.15. The number of benzene rings is 3. The number of ether oxygens (including phenoxy) is 1. The normalized spacial score (nSPS) is 11.3. The number of carbonyl (C=O) groups is 1. The van der Waals surface area contributed by atoms with Crippen molar-refractivity contribution in [2.45, 2.75) is 13.0 Å². The van der Waals surface area contributed by atoms with E-state index in [4.69, 9.17) is 10.00 Å². The minimum absolute atomic E-state index is 0.120. The summed E-state index contributed by atoms with van der Waals surface area (Å²) in [6.07, 6.45) is -0.787. The summed E-state index contributed by atoms with van der Waals surface area (Å²) in [6.45, 7) is 1.60. The largest absolute Gasteiger partial charge is 0.481 e. The minimum Gasteiger partial charge on any atom is -0.481 e. The zero-order valence-electron chi connectivity index (χ0n) is 14.6. The lowest BCUT2D eigenvalue weighted by molar-refractivity contribution is -0.122. The minimum atomic E-state index is -0.787. The molecule has 0 saturated carbocycles. The van der Waals surface area contributed by atoms with Crippen LogP contribution in [0, 0.1) is 17.1 Å². The smallest absolute Gasteiger partial charge is 0.265 e. The Labute approximate surface area is 156 Å². The quantitative estimate of drug-likeness (QED) is 0.713. The fourth-order valence-corrected chi connectivity index (χ4v) is 2.52. The van der Waals surface area contributed by atoms with E-state index in [1.165, 1.54) is 12.1 Å². The first kappa shape index (κ1) is 18.2. The van der Waals surface area contributed by atoms with Crippen molar-refractivity contribution in [3.63, 3.8) is 0 Å². The molecule has 0 spiro atoms. The van der Waals surface area contributed by atoms with Gasteiger partial charge in [-0.1, -0.05) is 36.4 Å². The number of nitrogens with one attached hydrogen (secondary N) is 1. The maximum absolute atomic E-state index is 13.6. The maximum atomic E-state index is 13.6. The van der Waals surface area contributed by atoms with Crippen LogP contribution in [0.2, 0.25) is 0 Å². The van der Waals surface area contributed by atoms with E-state index < -0.39 is 17.8 Å². The summed E-state index contributed by atoms with van der Waals surface area (Å²) in [5, 5.41) is 11.4. The fourth-order valence-electron chi connectivity index (χ4n) is 2.52. The maximum Gasteiger partial charge on any atom is 0.265 e. The number of hydrogen-bond acceptors (Lipinski definition) is 3. The van der Waals surface area contributed by atoms with Gasteiger partial charge in [0.15, 0.2) is 6.10 Å². The zero-order valence-corrected chi connectivity index (χ0v) is 14.6. The van der Waals surface area contributed by atoms with Crippen molar-refractivity contribution in [1.82, 2.24) is 0 Å². The van der Waals surface area contributed by atoms with Crippen LogP contribution in [0.4, 0.5) is 10.1 Å². The fraction of sp³-hybridized carbons (Fsp3) is 0.0909. The van der Waals surface area contributed by atoms with E-state index in [0.29, 0.717) is 11.3 Å². The molecular weight excluding hydrogens is 343 g/mol. The summed E-state index contributed by atoms with van der Waals surface area (Å²) < 4.78 is 19.3. The van der Waals surface area contributed by atoms with E-state index in [0.717, 1.165) is 11.1 Å². The second-order valence-corrected chi connectivity index (χ2v) is 5.94. The first-order chi connectivity index (χ1) is 13.1. The molecule has 0 aliphatic rings. The van der Waals surface area contributed by atoms with Crippen LogP contribution in [-0.2, 0) is 4.79 Å². The third-order valence-corrected chi connectivity index (χ3v) is 4.02. The summed E-state index contributed by atoms with van der Waals surface area (Å²) in [4.78, 5) is 12.2. The molecule has 1 N–H and O–H groups in total. The molecule has 5 heteroatoms. The molecule has 27 heavy (non-hydrogen) atoms. The molecule has 0 aliphatic carbocycles. The van der Waals surface area contributed by atoms with Crippen molar-refractivity contribution >= 4 is 11.6 Å². The highest BCUT2D eigenvalue weighted by molar-refractivity contribution is 5.94. The number of hydrogen-bond donors (Lipinski definition) is 1. The van der Waals surface area contributed by atoms with Gasteiger partial charge in [-0.05, 0) is 54.4 Å². The van der Waals surface area contributed by atoms with Crippen LogP contribution < -0.4 is 10.1 Å². The number of nitrogens with zero attached hydrogens (tertiary/aromatic N) is 1. The number of amides is 1. The molecule has 0 saturated heterocycles. The number of halogens is 1. The lowest BCUT2D eigenvalue weighted by Gasteiger charge is -2.15. The average Bonchev–Trinajstić information content (AvgIpc) is 2.70. The number of carbonyl (C=O) groups excluding carboxylic acids is 1. The summed E-state index contributed by atoms with van der Waals surface area (Å²) in [5.74, 6) is -0.398. The van der Waals surface area contributed by atoms with Gasteiger partial charge < -0.3 is 10.1 Å². The third kappa shape index (κ3) is 4.50. The lowest BCUT2D eigenvalue weighted by atomic mass is 10.0. The van der Waals surface area contributed by atoms with Gasteiger partial charge >= 0.3 is 0 Å². The molecular formula is C22H17FN2O2. The Morgan fingerprint density at radius 2 is 1.59 bits per heavy atom. The Hall–Kier alpha value is -3.65. The van der Waals surface area contributed by atoms with Gasteiger partial charge in [-0.3, -0.25) is 4.79 Å². The van der Waals surface area contributed by atoms with E-state index in [9.17, 15) is 9.18 Å². The van der Waals surface area contributed by atoms with E-state index in [-0.39, 0.29) is 5.69 Å². The molecule has 0 heterocycles. The molecule has 1 unspecified atom stereocenters.